The minimum Gasteiger partial charge on any atom is -0.345 e. The molecule has 1 aliphatic rings. The third-order valence-corrected chi connectivity index (χ3v) is 7.86. The van der Waals surface area contributed by atoms with Crippen molar-refractivity contribution in [1.82, 2.24) is 9.62 Å². The van der Waals surface area contributed by atoms with Gasteiger partial charge < -0.3 is 5.32 Å². The Hall–Kier alpha value is -2.35. The number of halogens is 3. The number of sulfonamides is 1. The molecule has 1 atom stereocenters. The van der Waals surface area contributed by atoms with Gasteiger partial charge in [-0.05, 0) is 42.5 Å². The number of hydrogen-bond acceptors (Lipinski definition) is 4. The monoisotopic (exact) mass is 456 g/mol. The van der Waals surface area contributed by atoms with Gasteiger partial charge in [0, 0.05) is 18.7 Å². The average molecular weight is 457 g/mol. The summed E-state index contributed by atoms with van der Waals surface area (Å²) in [6.45, 7) is 0.412. The van der Waals surface area contributed by atoms with Crippen LogP contribution in [-0.2, 0) is 21.0 Å². The number of thiophene rings is 1. The number of piperidine rings is 1. The Labute approximate surface area is 177 Å². The van der Waals surface area contributed by atoms with E-state index in [2.05, 4.69) is 17.2 Å². The molecule has 1 aromatic carbocycles. The topological polar surface area (TPSA) is 66.5 Å². The Bertz CT molecular complexity index is 1050. The van der Waals surface area contributed by atoms with Gasteiger partial charge in [0.05, 0.1) is 18.0 Å². The van der Waals surface area contributed by atoms with Crippen molar-refractivity contribution in [3.63, 3.8) is 0 Å². The van der Waals surface area contributed by atoms with Crippen LogP contribution in [0.5, 0.6) is 0 Å². The minimum absolute atomic E-state index is 0.0384. The van der Waals surface area contributed by atoms with E-state index >= 15 is 0 Å². The molecule has 30 heavy (non-hydrogen) atoms. The standard InChI is InChI=1S/C20H19F3N2O3S2/c21-20(22,23)17-8-1-5-15(13-17)6-2-10-24-19(26)16-7-3-11-25(14-16)30(27,28)18-9-4-12-29-18/h1,4-5,8-9,12-13,16H,3,7,10-11,14H2,(H,24,26). The summed E-state index contributed by atoms with van der Waals surface area (Å²) in [6.07, 6.45) is -3.32. The first-order valence-electron chi connectivity index (χ1n) is 9.15. The van der Waals surface area contributed by atoms with Crippen LogP contribution in [0.4, 0.5) is 13.2 Å². The highest BCUT2D eigenvalue weighted by Crippen LogP contribution is 2.29. The molecule has 2 aromatic rings. The zero-order valence-electron chi connectivity index (χ0n) is 15.8. The van der Waals surface area contributed by atoms with Crippen molar-refractivity contribution in [2.24, 2.45) is 5.92 Å². The lowest BCUT2D eigenvalue weighted by Gasteiger charge is -2.30. The van der Waals surface area contributed by atoms with Crippen molar-refractivity contribution in [2.75, 3.05) is 19.6 Å². The number of carbonyl (C=O) groups is 1. The fraction of sp³-hybridized carbons (Fsp3) is 0.350. The number of hydrogen-bond donors (Lipinski definition) is 1. The molecule has 0 aliphatic carbocycles. The Kier molecular flexibility index (Phi) is 6.85. The van der Waals surface area contributed by atoms with Crippen LogP contribution in [0.2, 0.25) is 0 Å². The van der Waals surface area contributed by atoms with Crippen LogP contribution >= 0.6 is 11.3 Å². The lowest BCUT2D eigenvalue weighted by atomic mass is 9.99. The van der Waals surface area contributed by atoms with E-state index in [0.717, 1.165) is 23.5 Å². The summed E-state index contributed by atoms with van der Waals surface area (Å²) >= 11 is 1.13. The third-order valence-electron chi connectivity index (χ3n) is 4.62. The van der Waals surface area contributed by atoms with E-state index in [1.165, 1.54) is 22.5 Å². The fourth-order valence-electron chi connectivity index (χ4n) is 3.11. The third kappa shape index (κ3) is 5.41. The largest absolute Gasteiger partial charge is 0.416 e. The van der Waals surface area contributed by atoms with Gasteiger partial charge in [0.1, 0.15) is 4.21 Å². The molecule has 5 nitrogen and oxygen atoms in total. The SMILES string of the molecule is O=C(NCC#Cc1cccc(C(F)(F)F)c1)C1CCCN(S(=O)(=O)c2cccs2)C1. The highest BCUT2D eigenvalue weighted by Gasteiger charge is 2.33. The minimum atomic E-state index is -4.44. The van der Waals surface area contributed by atoms with Crippen molar-refractivity contribution in [1.29, 1.82) is 0 Å². The Balaban J connectivity index is 1.57. The lowest BCUT2D eigenvalue weighted by Crippen LogP contribution is -2.45. The summed E-state index contributed by atoms with van der Waals surface area (Å²) in [5, 5.41) is 4.31. The zero-order chi connectivity index (χ0) is 21.8. The van der Waals surface area contributed by atoms with Crippen LogP contribution in [0.15, 0.2) is 46.0 Å². The predicted octanol–water partition coefficient (Wildman–Crippen LogP) is 3.34. The molecular weight excluding hydrogens is 437 g/mol. The Morgan fingerprint density at radius 2 is 2.07 bits per heavy atom. The molecule has 0 spiro atoms. The predicted molar refractivity (Wildman–Crippen MR) is 107 cm³/mol. The molecule has 160 valence electrons. The maximum atomic E-state index is 12.7. The molecule has 0 bridgehead atoms. The molecule has 1 amide bonds. The second-order valence-electron chi connectivity index (χ2n) is 6.73. The maximum Gasteiger partial charge on any atom is 0.416 e. The highest BCUT2D eigenvalue weighted by atomic mass is 32.2. The molecule has 1 unspecified atom stereocenters. The van der Waals surface area contributed by atoms with Crippen molar-refractivity contribution >= 4 is 27.3 Å². The summed E-state index contributed by atoms with van der Waals surface area (Å²) in [6, 6.07) is 7.84. The molecule has 10 heteroatoms. The molecule has 0 radical (unpaired) electrons. The maximum absolute atomic E-state index is 12.7. The normalized spacial score (nSPS) is 17.8. The summed E-state index contributed by atoms with van der Waals surface area (Å²) in [4.78, 5) is 12.4. The lowest BCUT2D eigenvalue weighted by molar-refractivity contribution is -0.137. The highest BCUT2D eigenvalue weighted by molar-refractivity contribution is 7.91. The molecule has 1 aliphatic heterocycles. The first-order valence-corrected chi connectivity index (χ1v) is 11.5. The van der Waals surface area contributed by atoms with Crippen LogP contribution in [0.3, 0.4) is 0 Å². The number of amides is 1. The van der Waals surface area contributed by atoms with Gasteiger partial charge in [-0.1, -0.05) is 24.0 Å². The van der Waals surface area contributed by atoms with Crippen LogP contribution in [0.25, 0.3) is 0 Å². The second-order valence-corrected chi connectivity index (χ2v) is 9.84. The van der Waals surface area contributed by atoms with Crippen molar-refractivity contribution in [3.05, 3.63) is 52.9 Å². The van der Waals surface area contributed by atoms with Gasteiger partial charge >= 0.3 is 6.18 Å². The zero-order valence-corrected chi connectivity index (χ0v) is 17.4. The van der Waals surface area contributed by atoms with E-state index in [9.17, 15) is 26.4 Å². The molecule has 1 aromatic heterocycles. The first-order chi connectivity index (χ1) is 14.2. The van der Waals surface area contributed by atoms with E-state index in [1.807, 2.05) is 0 Å². The van der Waals surface area contributed by atoms with Crippen LogP contribution in [0.1, 0.15) is 24.0 Å². The van der Waals surface area contributed by atoms with E-state index in [0.29, 0.717) is 19.4 Å². The molecular formula is C20H19F3N2O3S2. The second kappa shape index (κ2) is 9.20. The molecule has 0 saturated carbocycles. The van der Waals surface area contributed by atoms with E-state index in [-0.39, 0.29) is 28.8 Å². The molecule has 1 saturated heterocycles. The van der Waals surface area contributed by atoms with Gasteiger partial charge in [-0.15, -0.1) is 11.3 Å². The number of alkyl halides is 3. The molecule has 1 fully saturated rings. The van der Waals surface area contributed by atoms with Crippen molar-refractivity contribution in [2.45, 2.75) is 23.2 Å². The van der Waals surface area contributed by atoms with Gasteiger partial charge in [-0.25, -0.2) is 8.42 Å². The number of nitrogens with zero attached hydrogens (tertiary/aromatic N) is 1. The number of nitrogens with one attached hydrogen (secondary N) is 1. The van der Waals surface area contributed by atoms with E-state index < -0.39 is 27.7 Å². The van der Waals surface area contributed by atoms with E-state index in [4.69, 9.17) is 0 Å². The van der Waals surface area contributed by atoms with Crippen LogP contribution < -0.4 is 5.32 Å². The average Bonchev–Trinajstić information content (AvgIpc) is 3.26. The molecule has 1 N–H and O–H groups in total. The van der Waals surface area contributed by atoms with Crippen LogP contribution in [0, 0.1) is 17.8 Å². The van der Waals surface area contributed by atoms with Gasteiger partial charge in [0.25, 0.3) is 10.0 Å². The Morgan fingerprint density at radius 1 is 1.27 bits per heavy atom. The number of benzene rings is 1. The summed E-state index contributed by atoms with van der Waals surface area (Å²) in [7, 11) is -3.61. The van der Waals surface area contributed by atoms with E-state index in [1.54, 1.807) is 11.4 Å². The summed E-state index contributed by atoms with van der Waals surface area (Å²) < 4.78 is 65.0. The number of rotatable bonds is 4. The van der Waals surface area contributed by atoms with Crippen molar-refractivity contribution in [3.8, 4) is 11.8 Å². The smallest absolute Gasteiger partial charge is 0.345 e. The van der Waals surface area contributed by atoms with Gasteiger partial charge in [0.15, 0.2) is 0 Å². The van der Waals surface area contributed by atoms with Gasteiger partial charge in [0.2, 0.25) is 5.91 Å². The fourth-order valence-corrected chi connectivity index (χ4v) is 5.78. The quantitative estimate of drug-likeness (QED) is 0.718. The summed E-state index contributed by atoms with van der Waals surface area (Å²) in [5.41, 5.74) is -0.586. The first kappa shape index (κ1) is 22.3. The van der Waals surface area contributed by atoms with Crippen molar-refractivity contribution < 1.29 is 26.4 Å². The summed E-state index contributed by atoms with van der Waals surface area (Å²) in [5.74, 6) is 4.42. The number of carbonyl (C=O) groups excluding carboxylic acids is 1. The Morgan fingerprint density at radius 3 is 2.77 bits per heavy atom. The van der Waals surface area contributed by atoms with Gasteiger partial charge in [-0.3, -0.25) is 4.79 Å². The van der Waals surface area contributed by atoms with Gasteiger partial charge in [-0.2, -0.15) is 17.5 Å². The molecule has 3 rings (SSSR count). The van der Waals surface area contributed by atoms with Crippen LogP contribution in [-0.4, -0.2) is 38.3 Å². The molecule has 2 heterocycles.